The van der Waals surface area contributed by atoms with Crippen LogP contribution in [0.1, 0.15) is 11.4 Å². The Morgan fingerprint density at radius 3 is 2.47 bits per heavy atom. The third kappa shape index (κ3) is 4.68. The van der Waals surface area contributed by atoms with Crippen molar-refractivity contribution in [2.75, 3.05) is 0 Å². The summed E-state index contributed by atoms with van der Waals surface area (Å²) < 4.78 is 8.94. The van der Waals surface area contributed by atoms with Crippen molar-refractivity contribution in [1.29, 1.82) is 0 Å². The number of amides is 1. The number of halogens is 1. The van der Waals surface area contributed by atoms with E-state index >= 15 is 0 Å². The van der Waals surface area contributed by atoms with Crippen molar-refractivity contribution >= 4 is 67.1 Å². The maximum Gasteiger partial charge on any atom is 0.266 e. The second-order valence-electron chi connectivity index (χ2n) is 7.37. The number of carbonyl (C=O) groups excluding carboxylic acids is 1. The number of nitrogens with one attached hydrogen (secondary N) is 1. The molecule has 1 fully saturated rings. The topological polar surface area (TPSA) is 73.2 Å². The first-order valence-corrected chi connectivity index (χ1v) is 12.2. The minimum Gasteiger partial charge on any atom is -0.486 e. The van der Waals surface area contributed by atoms with Gasteiger partial charge in [-0.3, -0.25) is 14.2 Å². The first-order chi connectivity index (χ1) is 16.5. The number of aromatic nitrogens is 2. The van der Waals surface area contributed by atoms with E-state index in [4.69, 9.17) is 21.9 Å². The molecule has 4 aromatic rings. The molecule has 0 aliphatic carbocycles. The van der Waals surface area contributed by atoms with E-state index in [0.717, 1.165) is 10.0 Å². The lowest BCUT2D eigenvalue weighted by Crippen LogP contribution is -2.25. The molecule has 0 bridgehead atoms. The van der Waals surface area contributed by atoms with Gasteiger partial charge in [0.15, 0.2) is 5.82 Å². The van der Waals surface area contributed by atoms with Gasteiger partial charge >= 0.3 is 0 Å². The molecule has 5 rings (SSSR count). The first-order valence-electron chi connectivity index (χ1n) is 10.2. The van der Waals surface area contributed by atoms with Gasteiger partial charge in [0, 0.05) is 4.47 Å². The van der Waals surface area contributed by atoms with Gasteiger partial charge in [-0.2, -0.15) is 0 Å². The van der Waals surface area contributed by atoms with Crippen LogP contribution in [-0.2, 0) is 11.4 Å². The van der Waals surface area contributed by atoms with Crippen LogP contribution < -0.4 is 15.6 Å². The van der Waals surface area contributed by atoms with Gasteiger partial charge in [0.1, 0.15) is 16.7 Å². The van der Waals surface area contributed by atoms with E-state index in [9.17, 15) is 9.59 Å². The molecule has 1 N–H and O–H groups in total. The standard InChI is InChI=1S/C25H16BrN3O3S2/c26-16-7-9-17(10-8-16)29-22(27-20-4-2-1-3-19(20)24(29)31)14-32-18-11-5-15(6-12-18)13-21-23(30)28-25(33)34-21/h1-13H,14H2,(H,28,30,33). The van der Waals surface area contributed by atoms with Crippen LogP contribution in [0, 0.1) is 0 Å². The Balaban J connectivity index is 1.44. The molecule has 0 radical (unpaired) electrons. The van der Waals surface area contributed by atoms with E-state index < -0.39 is 0 Å². The van der Waals surface area contributed by atoms with Crippen molar-refractivity contribution in [3.8, 4) is 11.4 Å². The third-order valence-corrected chi connectivity index (χ3v) is 6.81. The summed E-state index contributed by atoms with van der Waals surface area (Å²) in [5.74, 6) is 0.916. The predicted molar refractivity (Wildman–Crippen MR) is 142 cm³/mol. The number of thiocarbonyl (C=S) groups is 1. The lowest BCUT2D eigenvalue weighted by atomic mass is 10.2. The van der Waals surface area contributed by atoms with Crippen LogP contribution in [0.2, 0.25) is 0 Å². The highest BCUT2D eigenvalue weighted by atomic mass is 79.9. The lowest BCUT2D eigenvalue weighted by molar-refractivity contribution is -0.115. The highest BCUT2D eigenvalue weighted by Crippen LogP contribution is 2.26. The molecule has 0 atom stereocenters. The Morgan fingerprint density at radius 2 is 1.76 bits per heavy atom. The zero-order valence-corrected chi connectivity index (χ0v) is 20.7. The van der Waals surface area contributed by atoms with Crippen LogP contribution in [0.15, 0.2) is 87.0 Å². The maximum atomic E-state index is 13.3. The number of ether oxygens (including phenoxy) is 1. The van der Waals surface area contributed by atoms with E-state index in [0.29, 0.717) is 37.4 Å². The van der Waals surface area contributed by atoms with Crippen molar-refractivity contribution in [1.82, 2.24) is 14.9 Å². The summed E-state index contributed by atoms with van der Waals surface area (Å²) >= 11 is 9.69. The molecule has 1 aliphatic rings. The molecular weight excluding hydrogens is 534 g/mol. The molecule has 9 heteroatoms. The molecule has 1 amide bonds. The summed E-state index contributed by atoms with van der Waals surface area (Å²) in [6.07, 6.45) is 1.78. The van der Waals surface area contributed by atoms with Gasteiger partial charge in [-0.15, -0.1) is 0 Å². The molecule has 1 aliphatic heterocycles. The zero-order chi connectivity index (χ0) is 23.7. The fourth-order valence-electron chi connectivity index (χ4n) is 3.51. The lowest BCUT2D eigenvalue weighted by Gasteiger charge is -2.14. The van der Waals surface area contributed by atoms with Gasteiger partial charge in [0.2, 0.25) is 0 Å². The second kappa shape index (κ2) is 9.54. The monoisotopic (exact) mass is 549 g/mol. The summed E-state index contributed by atoms with van der Waals surface area (Å²) in [5.41, 5.74) is 2.02. The minimum atomic E-state index is -0.191. The van der Waals surface area contributed by atoms with Gasteiger partial charge in [0.05, 0.1) is 21.5 Å². The summed E-state index contributed by atoms with van der Waals surface area (Å²) in [7, 11) is 0. The molecule has 2 heterocycles. The SMILES string of the molecule is O=C1NC(=S)SC1=Cc1ccc(OCc2nc3ccccc3c(=O)n2-c2ccc(Br)cc2)cc1. The number of para-hydroxylation sites is 1. The molecule has 1 saturated heterocycles. The number of nitrogens with zero attached hydrogens (tertiary/aromatic N) is 2. The Kier molecular flexibility index (Phi) is 6.32. The first kappa shape index (κ1) is 22.5. The Morgan fingerprint density at radius 1 is 1.03 bits per heavy atom. The highest BCUT2D eigenvalue weighted by molar-refractivity contribution is 9.10. The zero-order valence-electron chi connectivity index (χ0n) is 17.5. The van der Waals surface area contributed by atoms with Crippen LogP contribution in [0.3, 0.4) is 0 Å². The Hall–Kier alpha value is -3.27. The number of fused-ring (bicyclic) bond motifs is 1. The van der Waals surface area contributed by atoms with Gasteiger partial charge < -0.3 is 10.1 Å². The molecule has 6 nitrogen and oxygen atoms in total. The molecular formula is C25H16BrN3O3S2. The number of benzene rings is 3. The van der Waals surface area contributed by atoms with Crippen molar-refractivity contribution in [2.45, 2.75) is 6.61 Å². The third-order valence-electron chi connectivity index (χ3n) is 5.12. The van der Waals surface area contributed by atoms with Crippen molar-refractivity contribution in [3.63, 3.8) is 0 Å². The second-order valence-corrected chi connectivity index (χ2v) is 10.0. The normalized spacial score (nSPS) is 14.6. The maximum absolute atomic E-state index is 13.3. The molecule has 3 aromatic carbocycles. The number of hydrogen-bond donors (Lipinski definition) is 1. The average molecular weight is 550 g/mol. The van der Waals surface area contributed by atoms with Gasteiger partial charge in [-0.1, -0.05) is 64.2 Å². The molecule has 34 heavy (non-hydrogen) atoms. The van der Waals surface area contributed by atoms with Crippen LogP contribution >= 0.6 is 39.9 Å². The number of rotatable bonds is 5. The largest absolute Gasteiger partial charge is 0.486 e. The van der Waals surface area contributed by atoms with E-state index in [1.165, 1.54) is 11.8 Å². The van der Waals surface area contributed by atoms with E-state index in [2.05, 4.69) is 21.2 Å². The van der Waals surface area contributed by atoms with E-state index in [-0.39, 0.29) is 18.1 Å². The van der Waals surface area contributed by atoms with E-state index in [1.807, 2.05) is 66.7 Å². The smallest absolute Gasteiger partial charge is 0.266 e. The predicted octanol–water partition coefficient (Wildman–Crippen LogP) is 5.22. The van der Waals surface area contributed by atoms with Crippen molar-refractivity contribution in [2.24, 2.45) is 0 Å². The molecule has 0 unspecified atom stereocenters. The summed E-state index contributed by atoms with van der Waals surface area (Å²) in [6, 6.07) is 22.1. The minimum absolute atomic E-state index is 0.100. The molecule has 168 valence electrons. The van der Waals surface area contributed by atoms with Gasteiger partial charge in [0.25, 0.3) is 11.5 Å². The number of hydrogen-bond acceptors (Lipinski definition) is 6. The molecule has 0 spiro atoms. The fraction of sp³-hybridized carbons (Fsp3) is 0.0400. The van der Waals surface area contributed by atoms with Crippen LogP contribution in [0.25, 0.3) is 22.7 Å². The van der Waals surface area contributed by atoms with Crippen molar-refractivity contribution < 1.29 is 9.53 Å². The van der Waals surface area contributed by atoms with Gasteiger partial charge in [-0.25, -0.2) is 4.98 Å². The molecule has 1 aromatic heterocycles. The summed E-state index contributed by atoms with van der Waals surface area (Å²) in [4.78, 5) is 30.4. The Bertz CT molecular complexity index is 1510. The van der Waals surface area contributed by atoms with Crippen LogP contribution in [-0.4, -0.2) is 19.8 Å². The van der Waals surface area contributed by atoms with Gasteiger partial charge in [-0.05, 0) is 60.2 Å². The van der Waals surface area contributed by atoms with Crippen molar-refractivity contribution in [3.05, 3.63) is 104 Å². The molecule has 0 saturated carbocycles. The summed E-state index contributed by atoms with van der Waals surface area (Å²) in [5, 5.41) is 3.14. The quantitative estimate of drug-likeness (QED) is 0.272. The Labute approximate surface area is 212 Å². The number of carbonyl (C=O) groups is 1. The van der Waals surface area contributed by atoms with Crippen LogP contribution in [0.4, 0.5) is 0 Å². The van der Waals surface area contributed by atoms with E-state index in [1.54, 1.807) is 16.7 Å². The fourth-order valence-corrected chi connectivity index (χ4v) is 4.82. The highest BCUT2D eigenvalue weighted by Gasteiger charge is 2.21. The van der Waals surface area contributed by atoms with Crippen LogP contribution in [0.5, 0.6) is 5.75 Å². The summed E-state index contributed by atoms with van der Waals surface area (Å²) in [6.45, 7) is 0.100. The number of thioether (sulfide) groups is 1. The average Bonchev–Trinajstić information content (AvgIpc) is 3.16.